The van der Waals surface area contributed by atoms with E-state index in [0.29, 0.717) is 23.6 Å². The van der Waals surface area contributed by atoms with Gasteiger partial charge in [0.25, 0.3) is 5.97 Å². The predicted octanol–water partition coefficient (Wildman–Crippen LogP) is 1.40. The first kappa shape index (κ1) is 7.74. The second kappa shape index (κ2) is 2.44. The number of ether oxygens (including phenoxy) is 3. The molecule has 0 N–H and O–H groups in total. The molecule has 3 saturated heterocycles. The van der Waals surface area contributed by atoms with Gasteiger partial charge in [-0.25, -0.2) is 0 Å². The molecule has 3 heterocycles. The summed E-state index contributed by atoms with van der Waals surface area (Å²) in [6, 6.07) is 0. The van der Waals surface area contributed by atoms with E-state index in [-0.39, 0.29) is 0 Å². The average Bonchev–Trinajstić information content (AvgIpc) is 2.02. The van der Waals surface area contributed by atoms with E-state index in [1.54, 1.807) is 0 Å². The number of rotatable bonds is 1. The first-order valence-electron chi connectivity index (χ1n) is 4.39. The molecule has 4 aliphatic rings. The van der Waals surface area contributed by atoms with Gasteiger partial charge < -0.3 is 14.2 Å². The minimum atomic E-state index is -0.741. The van der Waals surface area contributed by atoms with Crippen LogP contribution in [0.1, 0.15) is 19.3 Å². The summed E-state index contributed by atoms with van der Waals surface area (Å²) < 4.78 is 17.0. The summed E-state index contributed by atoms with van der Waals surface area (Å²) in [4.78, 5) is 0. The normalized spacial score (nSPS) is 56.2. The van der Waals surface area contributed by atoms with E-state index in [1.807, 2.05) is 0 Å². The van der Waals surface area contributed by atoms with Crippen molar-refractivity contribution >= 4 is 15.9 Å². The van der Waals surface area contributed by atoms with Crippen molar-refractivity contribution in [3.8, 4) is 0 Å². The smallest absolute Gasteiger partial charge is 0.293 e. The summed E-state index contributed by atoms with van der Waals surface area (Å²) in [6.45, 7) is 0. The van der Waals surface area contributed by atoms with Gasteiger partial charge in [0.1, 0.15) is 0 Å². The predicted molar refractivity (Wildman–Crippen MR) is 45.0 cm³/mol. The van der Waals surface area contributed by atoms with Crippen LogP contribution in [0.3, 0.4) is 0 Å². The lowest BCUT2D eigenvalue weighted by Gasteiger charge is -2.54. The third-order valence-corrected chi connectivity index (χ3v) is 3.47. The van der Waals surface area contributed by atoms with E-state index in [4.69, 9.17) is 14.2 Å². The van der Waals surface area contributed by atoms with Gasteiger partial charge in [0.05, 0.1) is 23.6 Å². The molecule has 3 nitrogen and oxygen atoms in total. The minimum Gasteiger partial charge on any atom is -0.323 e. The molecule has 1 aliphatic carbocycles. The molecule has 12 heavy (non-hydrogen) atoms. The molecule has 3 aliphatic heterocycles. The van der Waals surface area contributed by atoms with Crippen molar-refractivity contribution in [1.29, 1.82) is 0 Å². The van der Waals surface area contributed by atoms with Crippen LogP contribution < -0.4 is 0 Å². The molecule has 0 aromatic rings. The Hall–Kier alpha value is 0.360. The fourth-order valence-corrected chi connectivity index (χ4v) is 2.79. The summed E-state index contributed by atoms with van der Waals surface area (Å²) in [5.74, 6) is -0.741. The van der Waals surface area contributed by atoms with E-state index in [1.165, 1.54) is 0 Å². The largest absolute Gasteiger partial charge is 0.323 e. The Morgan fingerprint density at radius 3 is 1.75 bits per heavy atom. The number of hydrogen-bond donors (Lipinski definition) is 0. The van der Waals surface area contributed by atoms with Crippen LogP contribution in [-0.2, 0) is 14.2 Å². The Bertz CT molecular complexity index is 171. The maximum Gasteiger partial charge on any atom is 0.293 e. The van der Waals surface area contributed by atoms with E-state index in [2.05, 4.69) is 15.9 Å². The molecular formula is C8H11BrO3. The van der Waals surface area contributed by atoms with Gasteiger partial charge in [-0.05, 0) is 0 Å². The Balaban J connectivity index is 1.90. The summed E-state index contributed by atoms with van der Waals surface area (Å²) in [6.07, 6.45) is 4.26. The molecule has 0 amide bonds. The molecule has 0 aromatic heterocycles. The maximum absolute atomic E-state index is 5.67. The zero-order valence-electron chi connectivity index (χ0n) is 6.66. The number of halogens is 1. The average molecular weight is 235 g/mol. The van der Waals surface area contributed by atoms with E-state index in [9.17, 15) is 0 Å². The highest BCUT2D eigenvalue weighted by Crippen LogP contribution is 2.45. The van der Waals surface area contributed by atoms with Crippen molar-refractivity contribution in [2.45, 2.75) is 43.5 Å². The van der Waals surface area contributed by atoms with E-state index in [0.717, 1.165) is 19.3 Å². The molecule has 4 bridgehead atoms. The van der Waals surface area contributed by atoms with Crippen molar-refractivity contribution in [1.82, 2.24) is 0 Å². The Labute approximate surface area is 79.5 Å². The van der Waals surface area contributed by atoms with Gasteiger partial charge >= 0.3 is 0 Å². The third-order valence-electron chi connectivity index (χ3n) is 2.78. The van der Waals surface area contributed by atoms with E-state index >= 15 is 0 Å². The molecule has 0 radical (unpaired) electrons. The molecule has 4 rings (SSSR count). The highest BCUT2D eigenvalue weighted by atomic mass is 79.9. The van der Waals surface area contributed by atoms with Gasteiger partial charge in [0.15, 0.2) is 0 Å². The van der Waals surface area contributed by atoms with Crippen LogP contribution in [-0.4, -0.2) is 29.6 Å². The molecular weight excluding hydrogens is 224 g/mol. The molecule has 4 heteroatoms. The van der Waals surface area contributed by atoms with Crippen LogP contribution in [0.25, 0.3) is 0 Å². The van der Waals surface area contributed by atoms with Crippen LogP contribution in [0.2, 0.25) is 0 Å². The summed E-state index contributed by atoms with van der Waals surface area (Å²) in [5.41, 5.74) is 0. The van der Waals surface area contributed by atoms with Gasteiger partial charge in [0, 0.05) is 19.3 Å². The molecule has 0 unspecified atom stereocenters. The lowest BCUT2D eigenvalue weighted by atomic mass is 9.89. The molecule has 1 saturated carbocycles. The second-order valence-electron chi connectivity index (χ2n) is 3.74. The second-order valence-corrected chi connectivity index (χ2v) is 4.30. The molecule has 0 spiro atoms. The lowest BCUT2D eigenvalue weighted by molar-refractivity contribution is -0.482. The SMILES string of the molecule is BrCC12OC3CC(CC(C3)O1)O2. The molecule has 4 fully saturated rings. The maximum atomic E-state index is 5.67. The third kappa shape index (κ3) is 0.985. The minimum absolute atomic E-state index is 0.369. The van der Waals surface area contributed by atoms with Crippen LogP contribution in [0.4, 0.5) is 0 Å². The monoisotopic (exact) mass is 234 g/mol. The van der Waals surface area contributed by atoms with Gasteiger partial charge in [-0.15, -0.1) is 0 Å². The Kier molecular flexibility index (Phi) is 1.57. The first-order valence-corrected chi connectivity index (χ1v) is 5.51. The fourth-order valence-electron chi connectivity index (χ4n) is 2.40. The van der Waals surface area contributed by atoms with Gasteiger partial charge in [-0.2, -0.15) is 0 Å². The number of alkyl halides is 1. The zero-order chi connectivity index (χ0) is 8.18. The van der Waals surface area contributed by atoms with Crippen molar-refractivity contribution in [3.05, 3.63) is 0 Å². The van der Waals surface area contributed by atoms with Crippen molar-refractivity contribution < 1.29 is 14.2 Å². The topological polar surface area (TPSA) is 27.7 Å². The van der Waals surface area contributed by atoms with Crippen LogP contribution in [0.15, 0.2) is 0 Å². The van der Waals surface area contributed by atoms with Crippen molar-refractivity contribution in [3.63, 3.8) is 0 Å². The lowest BCUT2D eigenvalue weighted by Crippen LogP contribution is -2.63. The van der Waals surface area contributed by atoms with Crippen molar-refractivity contribution in [2.24, 2.45) is 0 Å². The molecule has 0 aromatic carbocycles. The summed E-state index contributed by atoms with van der Waals surface area (Å²) in [5, 5.41) is 0.615. The standard InChI is InChI=1S/C8H11BrO3/c9-4-8-10-5-1-6(11-8)3-7(2-5)12-8/h5-7H,1-4H2. The van der Waals surface area contributed by atoms with Crippen LogP contribution in [0.5, 0.6) is 0 Å². The summed E-state index contributed by atoms with van der Waals surface area (Å²) >= 11 is 3.36. The first-order chi connectivity index (χ1) is 5.80. The Morgan fingerprint density at radius 1 is 1.00 bits per heavy atom. The van der Waals surface area contributed by atoms with Gasteiger partial charge in [-0.3, -0.25) is 0 Å². The van der Waals surface area contributed by atoms with E-state index < -0.39 is 5.97 Å². The quantitative estimate of drug-likeness (QED) is 0.643. The van der Waals surface area contributed by atoms with Gasteiger partial charge in [0.2, 0.25) is 0 Å². The van der Waals surface area contributed by atoms with Crippen LogP contribution in [0, 0.1) is 0 Å². The molecule has 0 atom stereocenters. The molecule has 68 valence electrons. The Morgan fingerprint density at radius 2 is 1.42 bits per heavy atom. The highest BCUT2D eigenvalue weighted by Gasteiger charge is 2.54. The summed E-state index contributed by atoms with van der Waals surface area (Å²) in [7, 11) is 0. The highest BCUT2D eigenvalue weighted by molar-refractivity contribution is 9.09. The van der Waals surface area contributed by atoms with Gasteiger partial charge in [-0.1, -0.05) is 15.9 Å². The van der Waals surface area contributed by atoms with Crippen molar-refractivity contribution in [2.75, 3.05) is 5.33 Å². The number of hydrogen-bond acceptors (Lipinski definition) is 3. The van der Waals surface area contributed by atoms with Crippen LogP contribution >= 0.6 is 15.9 Å². The fraction of sp³-hybridized carbons (Fsp3) is 1.00. The zero-order valence-corrected chi connectivity index (χ0v) is 8.25.